The van der Waals surface area contributed by atoms with Gasteiger partial charge >= 0.3 is 0 Å². The highest BCUT2D eigenvalue weighted by molar-refractivity contribution is 7.18. The van der Waals surface area contributed by atoms with Crippen LogP contribution in [-0.2, 0) is 6.42 Å². The summed E-state index contributed by atoms with van der Waals surface area (Å²) in [4.78, 5) is 16.9. The van der Waals surface area contributed by atoms with Crippen LogP contribution in [0.1, 0.15) is 15.6 Å². The second kappa shape index (κ2) is 4.55. The minimum Gasteiger partial charge on any atom is -0.440 e. The quantitative estimate of drug-likeness (QED) is 0.680. The average molecular weight is 278 g/mol. The van der Waals surface area contributed by atoms with Gasteiger partial charge in [-0.15, -0.1) is 11.3 Å². The first-order valence-electron chi connectivity index (χ1n) is 5.35. The van der Waals surface area contributed by atoms with Gasteiger partial charge in [0.05, 0.1) is 15.6 Å². The summed E-state index contributed by atoms with van der Waals surface area (Å²) in [6.45, 7) is 0. The Morgan fingerprint density at radius 3 is 2.83 bits per heavy atom. The normalized spacial score (nSPS) is 10.9. The lowest BCUT2D eigenvalue weighted by Crippen LogP contribution is -2.00. The molecule has 2 aromatic heterocycles. The number of Topliss-reactive ketones (excluding diaryl/α,β-unsaturated/α-hetero) is 1. The molecule has 0 spiro atoms. The van der Waals surface area contributed by atoms with E-state index in [2.05, 4.69) is 4.98 Å². The molecule has 90 valence electrons. The predicted molar refractivity (Wildman–Crippen MR) is 71.4 cm³/mol. The third-order valence-corrected chi connectivity index (χ3v) is 3.77. The molecule has 18 heavy (non-hydrogen) atoms. The second-order valence-corrected chi connectivity index (χ2v) is 5.49. The van der Waals surface area contributed by atoms with E-state index in [1.165, 1.54) is 11.3 Å². The summed E-state index contributed by atoms with van der Waals surface area (Å²) in [7, 11) is 0. The molecule has 0 aliphatic rings. The number of halogens is 1. The number of fused-ring (bicyclic) bond motifs is 1. The Labute approximate surface area is 112 Å². The zero-order chi connectivity index (χ0) is 12.5. The standard InChI is InChI=1S/C13H8ClNO2S/c14-12-6-5-11(18-12)9(16)7-13-15-8-3-1-2-4-10(8)17-13/h1-6H,7H2. The fraction of sp³-hybridized carbons (Fsp3) is 0.0769. The first-order chi connectivity index (χ1) is 8.72. The van der Waals surface area contributed by atoms with E-state index in [4.69, 9.17) is 16.0 Å². The van der Waals surface area contributed by atoms with Crippen molar-refractivity contribution in [3.63, 3.8) is 0 Å². The maximum absolute atomic E-state index is 12.0. The van der Waals surface area contributed by atoms with E-state index in [-0.39, 0.29) is 12.2 Å². The SMILES string of the molecule is O=C(Cc1nc2ccccc2o1)c1ccc(Cl)s1. The van der Waals surface area contributed by atoms with Gasteiger partial charge in [0.25, 0.3) is 0 Å². The van der Waals surface area contributed by atoms with Crippen LogP contribution >= 0.6 is 22.9 Å². The van der Waals surface area contributed by atoms with Crippen molar-refractivity contribution < 1.29 is 9.21 Å². The fourth-order valence-electron chi connectivity index (χ4n) is 1.68. The Morgan fingerprint density at radius 2 is 2.11 bits per heavy atom. The maximum atomic E-state index is 12.0. The molecule has 0 fully saturated rings. The van der Waals surface area contributed by atoms with Crippen LogP contribution in [0.2, 0.25) is 4.34 Å². The molecule has 0 aliphatic heterocycles. The number of benzene rings is 1. The van der Waals surface area contributed by atoms with Gasteiger partial charge in [0, 0.05) is 0 Å². The Kier molecular flexibility index (Phi) is 2.89. The van der Waals surface area contributed by atoms with Crippen molar-refractivity contribution in [1.29, 1.82) is 0 Å². The van der Waals surface area contributed by atoms with Crippen molar-refractivity contribution in [3.05, 3.63) is 51.5 Å². The highest BCUT2D eigenvalue weighted by Crippen LogP contribution is 2.23. The number of hydrogen-bond acceptors (Lipinski definition) is 4. The van der Waals surface area contributed by atoms with Crippen LogP contribution in [0.5, 0.6) is 0 Å². The van der Waals surface area contributed by atoms with Crippen molar-refractivity contribution in [2.75, 3.05) is 0 Å². The number of oxazole rings is 1. The number of carbonyl (C=O) groups is 1. The first kappa shape index (κ1) is 11.4. The Hall–Kier alpha value is -1.65. The number of rotatable bonds is 3. The van der Waals surface area contributed by atoms with E-state index in [0.29, 0.717) is 20.7 Å². The largest absolute Gasteiger partial charge is 0.440 e. The molecule has 3 nitrogen and oxygen atoms in total. The zero-order valence-corrected chi connectivity index (χ0v) is 10.8. The van der Waals surface area contributed by atoms with Gasteiger partial charge in [0.15, 0.2) is 11.4 Å². The molecule has 0 amide bonds. The second-order valence-electron chi connectivity index (χ2n) is 3.78. The summed E-state index contributed by atoms with van der Waals surface area (Å²) < 4.78 is 6.11. The van der Waals surface area contributed by atoms with E-state index in [1.807, 2.05) is 24.3 Å². The van der Waals surface area contributed by atoms with Crippen LogP contribution in [0.3, 0.4) is 0 Å². The molecule has 1 aromatic carbocycles. The van der Waals surface area contributed by atoms with Gasteiger partial charge in [-0.2, -0.15) is 0 Å². The minimum absolute atomic E-state index is 0.0292. The molecule has 0 bridgehead atoms. The van der Waals surface area contributed by atoms with Gasteiger partial charge in [-0.05, 0) is 24.3 Å². The molecule has 0 aliphatic carbocycles. The third kappa shape index (κ3) is 2.17. The Balaban J connectivity index is 1.86. The van der Waals surface area contributed by atoms with Gasteiger partial charge in [-0.3, -0.25) is 4.79 Å². The lowest BCUT2D eigenvalue weighted by Gasteiger charge is -1.92. The van der Waals surface area contributed by atoms with Gasteiger partial charge in [-0.25, -0.2) is 4.98 Å². The summed E-state index contributed by atoms with van der Waals surface area (Å²) in [5.41, 5.74) is 1.47. The van der Waals surface area contributed by atoms with Crippen molar-refractivity contribution in [2.45, 2.75) is 6.42 Å². The summed E-state index contributed by atoms with van der Waals surface area (Å²) >= 11 is 7.07. The molecule has 3 rings (SSSR count). The summed E-state index contributed by atoms with van der Waals surface area (Å²) in [6.07, 6.45) is 0.158. The summed E-state index contributed by atoms with van der Waals surface area (Å²) in [5, 5.41) is 0. The molecule has 0 atom stereocenters. The van der Waals surface area contributed by atoms with Crippen molar-refractivity contribution in [1.82, 2.24) is 4.98 Å². The van der Waals surface area contributed by atoms with E-state index in [0.717, 1.165) is 5.52 Å². The van der Waals surface area contributed by atoms with E-state index in [9.17, 15) is 4.79 Å². The maximum Gasteiger partial charge on any atom is 0.203 e. The lowest BCUT2D eigenvalue weighted by molar-refractivity contribution is 0.0990. The number of aromatic nitrogens is 1. The number of para-hydroxylation sites is 2. The summed E-state index contributed by atoms with van der Waals surface area (Å²) in [5.74, 6) is 0.407. The van der Waals surface area contributed by atoms with Crippen LogP contribution in [0.25, 0.3) is 11.1 Å². The number of nitrogens with zero attached hydrogens (tertiary/aromatic N) is 1. The molecule has 5 heteroatoms. The molecule has 3 aromatic rings. The van der Waals surface area contributed by atoms with Crippen LogP contribution in [0, 0.1) is 0 Å². The average Bonchev–Trinajstić information content (AvgIpc) is 2.94. The van der Waals surface area contributed by atoms with E-state index < -0.39 is 0 Å². The highest BCUT2D eigenvalue weighted by Gasteiger charge is 2.14. The van der Waals surface area contributed by atoms with Gasteiger partial charge < -0.3 is 4.42 Å². The minimum atomic E-state index is -0.0292. The van der Waals surface area contributed by atoms with Gasteiger partial charge in [0.1, 0.15) is 5.52 Å². The van der Waals surface area contributed by atoms with Crippen LogP contribution in [0.4, 0.5) is 0 Å². The smallest absolute Gasteiger partial charge is 0.203 e. The molecule has 0 N–H and O–H groups in total. The van der Waals surface area contributed by atoms with Crippen LogP contribution in [-0.4, -0.2) is 10.8 Å². The molecule has 0 radical (unpaired) electrons. The summed E-state index contributed by atoms with van der Waals surface area (Å²) in [6, 6.07) is 10.9. The molecule has 2 heterocycles. The fourth-order valence-corrected chi connectivity index (χ4v) is 2.66. The third-order valence-electron chi connectivity index (χ3n) is 2.50. The molecular weight excluding hydrogens is 270 g/mol. The van der Waals surface area contributed by atoms with Crippen LogP contribution < -0.4 is 0 Å². The lowest BCUT2D eigenvalue weighted by atomic mass is 10.2. The van der Waals surface area contributed by atoms with E-state index >= 15 is 0 Å². The number of hydrogen-bond donors (Lipinski definition) is 0. The molecule has 0 unspecified atom stereocenters. The van der Waals surface area contributed by atoms with Crippen molar-refractivity contribution >= 4 is 39.8 Å². The van der Waals surface area contributed by atoms with Crippen molar-refractivity contribution in [3.8, 4) is 0 Å². The van der Waals surface area contributed by atoms with Gasteiger partial charge in [-0.1, -0.05) is 23.7 Å². The molecule has 0 saturated heterocycles. The molecular formula is C13H8ClNO2S. The van der Waals surface area contributed by atoms with Crippen molar-refractivity contribution in [2.24, 2.45) is 0 Å². The zero-order valence-electron chi connectivity index (χ0n) is 9.22. The number of carbonyl (C=O) groups excluding carboxylic acids is 1. The number of thiophene rings is 1. The Bertz CT molecular complexity index is 683. The first-order valence-corrected chi connectivity index (χ1v) is 6.55. The Morgan fingerprint density at radius 1 is 1.28 bits per heavy atom. The molecule has 0 saturated carbocycles. The number of ketones is 1. The van der Waals surface area contributed by atoms with E-state index in [1.54, 1.807) is 12.1 Å². The predicted octanol–water partition coefficient (Wildman–Crippen LogP) is 3.97. The monoisotopic (exact) mass is 277 g/mol. The highest BCUT2D eigenvalue weighted by atomic mass is 35.5. The van der Waals surface area contributed by atoms with Gasteiger partial charge in [0.2, 0.25) is 5.89 Å². The topological polar surface area (TPSA) is 43.1 Å². The van der Waals surface area contributed by atoms with Crippen LogP contribution in [0.15, 0.2) is 40.8 Å².